The van der Waals surface area contributed by atoms with Crippen LogP contribution in [0.1, 0.15) is 28.0 Å². The minimum absolute atomic E-state index is 0.0298. The zero-order valence-corrected chi connectivity index (χ0v) is 16.1. The molecule has 8 nitrogen and oxygen atoms in total. The molecule has 148 valence electrons. The van der Waals surface area contributed by atoms with Crippen LogP contribution in [0.5, 0.6) is 5.75 Å². The van der Waals surface area contributed by atoms with Gasteiger partial charge in [0.25, 0.3) is 17.4 Å². The average molecular weight is 384 g/mol. The molecular weight excluding hydrogens is 360 g/mol. The Balaban J connectivity index is 1.54. The van der Waals surface area contributed by atoms with Gasteiger partial charge in [0.2, 0.25) is 0 Å². The molecule has 1 aliphatic rings. The van der Waals surface area contributed by atoms with Gasteiger partial charge in [-0.1, -0.05) is 6.07 Å². The van der Waals surface area contributed by atoms with Crippen molar-refractivity contribution in [1.82, 2.24) is 20.0 Å². The van der Waals surface area contributed by atoms with E-state index in [1.165, 1.54) is 17.7 Å². The van der Waals surface area contributed by atoms with Crippen molar-refractivity contribution in [3.8, 4) is 5.75 Å². The number of carbonyl (C=O) groups excluding carboxylic acids is 2. The topological polar surface area (TPSA) is 95.6 Å². The summed E-state index contributed by atoms with van der Waals surface area (Å²) < 4.78 is 5.64. The van der Waals surface area contributed by atoms with Crippen LogP contribution in [-0.2, 0) is 4.79 Å². The molecule has 2 heterocycles. The fourth-order valence-corrected chi connectivity index (χ4v) is 3.04. The Kier molecular flexibility index (Phi) is 6.08. The van der Waals surface area contributed by atoms with E-state index in [0.717, 1.165) is 5.56 Å². The predicted molar refractivity (Wildman–Crippen MR) is 103 cm³/mol. The second kappa shape index (κ2) is 8.69. The number of rotatable bonds is 4. The summed E-state index contributed by atoms with van der Waals surface area (Å²) >= 11 is 0. The molecular formula is C20H24N4O4. The Morgan fingerprint density at radius 1 is 1.04 bits per heavy atom. The van der Waals surface area contributed by atoms with Crippen LogP contribution in [0.2, 0.25) is 0 Å². The lowest BCUT2D eigenvalue weighted by Gasteiger charge is -2.22. The van der Waals surface area contributed by atoms with Crippen LogP contribution >= 0.6 is 0 Å². The van der Waals surface area contributed by atoms with Crippen LogP contribution in [0.4, 0.5) is 0 Å². The highest BCUT2D eigenvalue weighted by molar-refractivity contribution is 5.92. The van der Waals surface area contributed by atoms with Gasteiger partial charge in [-0.25, -0.2) is 5.10 Å². The van der Waals surface area contributed by atoms with Crippen molar-refractivity contribution >= 4 is 11.8 Å². The number of hydrogen-bond acceptors (Lipinski definition) is 5. The second-order valence-electron chi connectivity index (χ2n) is 6.87. The number of nitrogens with one attached hydrogen (secondary N) is 1. The van der Waals surface area contributed by atoms with Gasteiger partial charge in [0, 0.05) is 32.2 Å². The Morgan fingerprint density at radius 2 is 1.79 bits per heavy atom. The molecule has 8 heteroatoms. The molecule has 1 N–H and O–H groups in total. The number of nitrogens with zero attached hydrogens (tertiary/aromatic N) is 3. The van der Waals surface area contributed by atoms with Crippen molar-refractivity contribution in [2.45, 2.75) is 20.3 Å². The third kappa shape index (κ3) is 4.76. The van der Waals surface area contributed by atoms with Crippen LogP contribution < -0.4 is 10.3 Å². The first kappa shape index (κ1) is 19.6. The number of ether oxygens (including phenoxy) is 1. The Bertz CT molecular complexity index is 904. The molecule has 1 aromatic carbocycles. The first-order chi connectivity index (χ1) is 13.4. The molecule has 0 bridgehead atoms. The van der Waals surface area contributed by atoms with Crippen molar-refractivity contribution < 1.29 is 14.3 Å². The van der Waals surface area contributed by atoms with Crippen molar-refractivity contribution in [2.75, 3.05) is 32.8 Å². The summed E-state index contributed by atoms with van der Waals surface area (Å²) in [5.41, 5.74) is 2.13. The van der Waals surface area contributed by atoms with Gasteiger partial charge < -0.3 is 14.5 Å². The van der Waals surface area contributed by atoms with E-state index in [-0.39, 0.29) is 29.7 Å². The van der Waals surface area contributed by atoms with E-state index in [4.69, 9.17) is 4.74 Å². The quantitative estimate of drug-likeness (QED) is 0.853. The van der Waals surface area contributed by atoms with Gasteiger partial charge >= 0.3 is 0 Å². The van der Waals surface area contributed by atoms with Crippen LogP contribution in [0.25, 0.3) is 0 Å². The summed E-state index contributed by atoms with van der Waals surface area (Å²) in [6, 6.07) is 8.43. The molecule has 2 amide bonds. The van der Waals surface area contributed by atoms with E-state index in [9.17, 15) is 14.4 Å². The zero-order valence-electron chi connectivity index (χ0n) is 16.1. The van der Waals surface area contributed by atoms with Gasteiger partial charge in [-0.2, -0.15) is 5.10 Å². The van der Waals surface area contributed by atoms with Crippen LogP contribution in [0.15, 0.2) is 35.1 Å². The number of benzene rings is 1. The van der Waals surface area contributed by atoms with Crippen LogP contribution in [0.3, 0.4) is 0 Å². The minimum Gasteiger partial charge on any atom is -0.484 e. The largest absolute Gasteiger partial charge is 0.484 e. The second-order valence-corrected chi connectivity index (χ2v) is 6.87. The standard InChI is InChI=1S/C20H24N4O4/c1-14-4-5-16(12-15(14)2)28-13-19(26)23-8-3-9-24(11-10-23)20(27)17-6-7-18(25)22-21-17/h4-7,12H,3,8-11,13H2,1-2H3,(H,22,25). The first-order valence-corrected chi connectivity index (χ1v) is 9.27. The number of carbonyl (C=O) groups is 2. The van der Waals surface area contributed by atoms with E-state index in [1.54, 1.807) is 9.80 Å². The van der Waals surface area contributed by atoms with Crippen molar-refractivity contribution in [3.05, 3.63) is 57.5 Å². The molecule has 0 atom stereocenters. The monoisotopic (exact) mass is 384 g/mol. The molecule has 28 heavy (non-hydrogen) atoms. The van der Waals surface area contributed by atoms with Gasteiger partial charge in [-0.3, -0.25) is 14.4 Å². The number of hydrogen-bond donors (Lipinski definition) is 1. The molecule has 1 saturated heterocycles. The molecule has 0 radical (unpaired) electrons. The molecule has 0 aliphatic carbocycles. The van der Waals surface area contributed by atoms with E-state index >= 15 is 0 Å². The molecule has 2 aromatic rings. The fourth-order valence-electron chi connectivity index (χ4n) is 3.04. The van der Waals surface area contributed by atoms with E-state index in [0.29, 0.717) is 38.3 Å². The van der Waals surface area contributed by atoms with Crippen LogP contribution in [-0.4, -0.2) is 64.6 Å². The molecule has 1 aliphatic heterocycles. The minimum atomic E-state index is -0.354. The lowest BCUT2D eigenvalue weighted by molar-refractivity contribution is -0.133. The van der Waals surface area contributed by atoms with Crippen molar-refractivity contribution in [2.24, 2.45) is 0 Å². The van der Waals surface area contributed by atoms with Gasteiger partial charge in [0.1, 0.15) is 11.4 Å². The summed E-state index contributed by atoms with van der Waals surface area (Å²) in [7, 11) is 0. The average Bonchev–Trinajstić information content (AvgIpc) is 2.95. The number of H-pyrrole nitrogens is 1. The Hall–Kier alpha value is -3.16. The Morgan fingerprint density at radius 3 is 2.50 bits per heavy atom. The lowest BCUT2D eigenvalue weighted by atomic mass is 10.1. The molecule has 0 unspecified atom stereocenters. The smallest absolute Gasteiger partial charge is 0.274 e. The molecule has 3 rings (SSSR count). The molecule has 1 fully saturated rings. The summed E-state index contributed by atoms with van der Waals surface area (Å²) in [6.45, 7) is 5.94. The summed E-state index contributed by atoms with van der Waals surface area (Å²) in [5.74, 6) is 0.318. The van der Waals surface area contributed by atoms with E-state index in [2.05, 4.69) is 10.2 Å². The van der Waals surface area contributed by atoms with Crippen molar-refractivity contribution in [1.29, 1.82) is 0 Å². The normalized spacial score (nSPS) is 14.5. The number of amides is 2. The van der Waals surface area contributed by atoms with Gasteiger partial charge in [-0.15, -0.1) is 0 Å². The summed E-state index contributed by atoms with van der Waals surface area (Å²) in [6.07, 6.45) is 0.671. The van der Waals surface area contributed by atoms with Crippen molar-refractivity contribution in [3.63, 3.8) is 0 Å². The maximum Gasteiger partial charge on any atom is 0.274 e. The van der Waals surface area contributed by atoms with E-state index < -0.39 is 0 Å². The third-order valence-electron chi connectivity index (χ3n) is 4.87. The predicted octanol–water partition coefficient (Wildman–Crippen LogP) is 1.14. The Labute approximate surface area is 163 Å². The highest BCUT2D eigenvalue weighted by Gasteiger charge is 2.23. The number of aryl methyl sites for hydroxylation is 2. The van der Waals surface area contributed by atoms with Gasteiger partial charge in [-0.05, 0) is 49.6 Å². The van der Waals surface area contributed by atoms with Gasteiger partial charge in [0.05, 0.1) is 0 Å². The molecule has 0 spiro atoms. The third-order valence-corrected chi connectivity index (χ3v) is 4.87. The molecule has 1 aromatic heterocycles. The maximum absolute atomic E-state index is 12.5. The lowest BCUT2D eigenvalue weighted by Crippen LogP contribution is -2.39. The fraction of sp³-hybridized carbons (Fsp3) is 0.400. The summed E-state index contributed by atoms with van der Waals surface area (Å²) in [5, 5.41) is 6.05. The van der Waals surface area contributed by atoms with Crippen LogP contribution in [0, 0.1) is 13.8 Å². The SMILES string of the molecule is Cc1ccc(OCC(=O)N2CCCN(C(=O)c3ccc(=O)[nH]n3)CC2)cc1C. The van der Waals surface area contributed by atoms with Gasteiger partial charge in [0.15, 0.2) is 6.61 Å². The maximum atomic E-state index is 12.5. The number of aromatic nitrogens is 2. The number of aromatic amines is 1. The first-order valence-electron chi connectivity index (χ1n) is 9.27. The summed E-state index contributed by atoms with van der Waals surface area (Å²) in [4.78, 5) is 39.5. The molecule has 0 saturated carbocycles. The highest BCUT2D eigenvalue weighted by Crippen LogP contribution is 2.16. The van der Waals surface area contributed by atoms with E-state index in [1.807, 2.05) is 32.0 Å². The highest BCUT2D eigenvalue weighted by atomic mass is 16.5. The zero-order chi connectivity index (χ0) is 20.1.